The van der Waals surface area contributed by atoms with E-state index in [1.807, 2.05) is 20.9 Å². The van der Waals surface area contributed by atoms with Crippen molar-refractivity contribution in [2.45, 2.75) is 45.1 Å². The largest absolute Gasteiger partial charge is 0.487 e. The highest BCUT2D eigenvalue weighted by Crippen LogP contribution is 2.33. The predicted molar refractivity (Wildman–Crippen MR) is 72.7 cm³/mol. The predicted octanol–water partition coefficient (Wildman–Crippen LogP) is 1.42. The van der Waals surface area contributed by atoms with Crippen LogP contribution in [0.3, 0.4) is 0 Å². The summed E-state index contributed by atoms with van der Waals surface area (Å²) in [4.78, 5) is 10.9. The van der Waals surface area contributed by atoms with Gasteiger partial charge in [-0.1, -0.05) is 0 Å². The summed E-state index contributed by atoms with van der Waals surface area (Å²) in [5, 5.41) is 23.7. The topological polar surface area (TPSA) is 84.6 Å². The van der Waals surface area contributed by atoms with E-state index in [0.29, 0.717) is 31.4 Å². The molecule has 1 heterocycles. The molecule has 2 N–H and O–H groups in total. The minimum Gasteiger partial charge on any atom is -0.487 e. The third-order valence-corrected chi connectivity index (χ3v) is 4.19. The van der Waals surface area contributed by atoms with Gasteiger partial charge < -0.3 is 14.9 Å². The lowest BCUT2D eigenvalue weighted by Crippen LogP contribution is -2.41. The second kappa shape index (κ2) is 5.44. The van der Waals surface area contributed by atoms with Gasteiger partial charge in [0.15, 0.2) is 5.75 Å². The van der Waals surface area contributed by atoms with E-state index in [4.69, 9.17) is 9.84 Å². The van der Waals surface area contributed by atoms with E-state index in [9.17, 15) is 9.90 Å². The number of carboxylic acids is 1. The van der Waals surface area contributed by atoms with E-state index >= 15 is 0 Å². The Balaban J connectivity index is 1.95. The van der Waals surface area contributed by atoms with Gasteiger partial charge in [-0.3, -0.25) is 9.48 Å². The summed E-state index contributed by atoms with van der Waals surface area (Å²) in [6.07, 6.45) is 1.92. The molecule has 0 amide bonds. The Morgan fingerprint density at radius 3 is 2.50 bits per heavy atom. The zero-order chi connectivity index (χ0) is 14.9. The summed E-state index contributed by atoms with van der Waals surface area (Å²) in [5.41, 5.74) is 0.791. The highest BCUT2D eigenvalue weighted by atomic mass is 16.5. The lowest BCUT2D eigenvalue weighted by Gasteiger charge is -2.34. The second-order valence-corrected chi connectivity index (χ2v) is 5.75. The van der Waals surface area contributed by atoms with Crippen molar-refractivity contribution in [2.75, 3.05) is 6.61 Å². The first-order valence-corrected chi connectivity index (χ1v) is 6.90. The first-order chi connectivity index (χ1) is 9.32. The number of aliphatic hydroxyl groups is 1. The molecule has 6 heteroatoms. The van der Waals surface area contributed by atoms with Crippen molar-refractivity contribution >= 4 is 5.97 Å². The molecule has 1 aromatic rings. The maximum Gasteiger partial charge on any atom is 0.306 e. The summed E-state index contributed by atoms with van der Waals surface area (Å²) in [6, 6.07) is 0. The molecule has 1 saturated carbocycles. The third kappa shape index (κ3) is 2.95. The van der Waals surface area contributed by atoms with Gasteiger partial charge in [0.2, 0.25) is 0 Å². The van der Waals surface area contributed by atoms with Gasteiger partial charge in [0.25, 0.3) is 0 Å². The Bertz CT molecular complexity index is 502. The summed E-state index contributed by atoms with van der Waals surface area (Å²) < 4.78 is 7.49. The van der Waals surface area contributed by atoms with E-state index in [1.165, 1.54) is 0 Å². The second-order valence-electron chi connectivity index (χ2n) is 5.75. The maximum atomic E-state index is 10.9. The van der Waals surface area contributed by atoms with Gasteiger partial charge in [-0.25, -0.2) is 0 Å². The van der Waals surface area contributed by atoms with Crippen LogP contribution in [0, 0.1) is 19.8 Å². The van der Waals surface area contributed by atoms with Crippen molar-refractivity contribution in [3.63, 3.8) is 0 Å². The summed E-state index contributed by atoms with van der Waals surface area (Å²) >= 11 is 0. The van der Waals surface area contributed by atoms with Crippen LogP contribution in [0.25, 0.3) is 0 Å². The number of ether oxygens (including phenoxy) is 1. The minimum absolute atomic E-state index is 0.187. The zero-order valence-electron chi connectivity index (χ0n) is 12.2. The van der Waals surface area contributed by atoms with Gasteiger partial charge in [-0.05, 0) is 39.5 Å². The molecule has 1 fully saturated rings. The summed E-state index contributed by atoms with van der Waals surface area (Å²) in [5.74, 6) is -0.398. The van der Waals surface area contributed by atoms with E-state index in [1.54, 1.807) is 4.68 Å². The molecular formula is C14H22N2O4. The number of aryl methyl sites for hydroxylation is 2. The van der Waals surface area contributed by atoms with Gasteiger partial charge in [0.1, 0.15) is 12.3 Å². The van der Waals surface area contributed by atoms with Crippen molar-refractivity contribution in [1.29, 1.82) is 0 Å². The number of hydrogen-bond donors (Lipinski definition) is 2. The Morgan fingerprint density at radius 1 is 1.45 bits per heavy atom. The van der Waals surface area contributed by atoms with E-state index in [-0.39, 0.29) is 12.5 Å². The molecule has 0 bridgehead atoms. The zero-order valence-corrected chi connectivity index (χ0v) is 12.2. The normalized spacial score (nSPS) is 26.5. The van der Waals surface area contributed by atoms with Crippen LogP contribution in [-0.4, -0.2) is 38.2 Å². The highest BCUT2D eigenvalue weighted by Gasteiger charge is 2.36. The fourth-order valence-corrected chi connectivity index (χ4v) is 2.72. The van der Waals surface area contributed by atoms with Crippen LogP contribution in [0.5, 0.6) is 5.75 Å². The Hall–Kier alpha value is -1.56. The molecular weight excluding hydrogens is 260 g/mol. The molecule has 0 aliphatic heterocycles. The molecule has 1 aromatic heterocycles. The van der Waals surface area contributed by atoms with Crippen LogP contribution in [0.1, 0.15) is 37.1 Å². The quantitative estimate of drug-likeness (QED) is 0.872. The maximum absolute atomic E-state index is 10.9. The molecule has 0 unspecified atom stereocenters. The Morgan fingerprint density at radius 2 is 2.05 bits per heavy atom. The molecule has 2 rings (SSSR count). The van der Waals surface area contributed by atoms with Gasteiger partial charge in [-0.15, -0.1) is 0 Å². The molecule has 112 valence electrons. The molecule has 0 spiro atoms. The highest BCUT2D eigenvalue weighted by molar-refractivity contribution is 5.70. The molecule has 0 saturated heterocycles. The number of carboxylic acid groups (broad SMARTS) is 1. The van der Waals surface area contributed by atoms with Crippen LogP contribution in [-0.2, 0) is 11.8 Å². The first kappa shape index (κ1) is 14.8. The van der Waals surface area contributed by atoms with Crippen molar-refractivity contribution in [1.82, 2.24) is 9.78 Å². The minimum atomic E-state index is -0.930. The van der Waals surface area contributed by atoms with Crippen LogP contribution < -0.4 is 4.74 Å². The van der Waals surface area contributed by atoms with Gasteiger partial charge in [0, 0.05) is 7.05 Å². The van der Waals surface area contributed by atoms with E-state index in [2.05, 4.69) is 5.10 Å². The number of aromatic nitrogens is 2. The van der Waals surface area contributed by atoms with E-state index < -0.39 is 11.6 Å². The molecule has 1 aliphatic carbocycles. The van der Waals surface area contributed by atoms with E-state index in [0.717, 1.165) is 11.4 Å². The smallest absolute Gasteiger partial charge is 0.306 e. The third-order valence-electron chi connectivity index (χ3n) is 4.19. The van der Waals surface area contributed by atoms with Crippen molar-refractivity contribution in [3.05, 3.63) is 11.4 Å². The molecule has 0 aromatic carbocycles. The monoisotopic (exact) mass is 282 g/mol. The fraction of sp³-hybridized carbons (Fsp3) is 0.714. The van der Waals surface area contributed by atoms with Gasteiger partial charge >= 0.3 is 5.97 Å². The van der Waals surface area contributed by atoms with Gasteiger partial charge in [0.05, 0.1) is 17.2 Å². The number of hydrogen-bond acceptors (Lipinski definition) is 4. The van der Waals surface area contributed by atoms with Crippen LogP contribution in [0.2, 0.25) is 0 Å². The molecule has 0 radical (unpaired) electrons. The summed E-state index contributed by atoms with van der Waals surface area (Å²) in [7, 11) is 1.85. The van der Waals surface area contributed by atoms with Crippen LogP contribution >= 0.6 is 0 Å². The lowest BCUT2D eigenvalue weighted by molar-refractivity contribution is -0.145. The first-order valence-electron chi connectivity index (χ1n) is 6.90. The van der Waals surface area contributed by atoms with Crippen LogP contribution in [0.15, 0.2) is 0 Å². The Kier molecular flexibility index (Phi) is 4.04. The van der Waals surface area contributed by atoms with Crippen molar-refractivity contribution in [3.8, 4) is 5.75 Å². The molecule has 1 aliphatic rings. The summed E-state index contributed by atoms with van der Waals surface area (Å²) in [6.45, 7) is 3.97. The van der Waals surface area contributed by atoms with Gasteiger partial charge in [-0.2, -0.15) is 5.10 Å². The lowest BCUT2D eigenvalue weighted by atomic mass is 9.79. The number of rotatable bonds is 4. The van der Waals surface area contributed by atoms with Crippen LogP contribution in [0.4, 0.5) is 0 Å². The van der Waals surface area contributed by atoms with Crippen molar-refractivity contribution < 1.29 is 19.7 Å². The average Bonchev–Trinajstić information content (AvgIpc) is 2.62. The number of nitrogens with zero attached hydrogens (tertiary/aromatic N) is 2. The number of aliphatic carboxylic acids is 1. The fourth-order valence-electron chi connectivity index (χ4n) is 2.72. The van der Waals surface area contributed by atoms with Crippen molar-refractivity contribution in [2.24, 2.45) is 13.0 Å². The standard InChI is InChI=1S/C14H22N2O4/c1-9-12(10(2)16(3)15-9)20-8-14(19)6-4-11(5-7-14)13(17)18/h11,19H,4-8H2,1-3H3,(H,17,18). The Labute approximate surface area is 118 Å². The molecule has 0 atom stereocenters. The molecule has 20 heavy (non-hydrogen) atoms. The average molecular weight is 282 g/mol. The number of carbonyl (C=O) groups is 1. The molecule has 6 nitrogen and oxygen atoms in total. The SMILES string of the molecule is Cc1nn(C)c(C)c1OCC1(O)CCC(C(=O)O)CC1.